The minimum Gasteiger partial charge on any atom is -0.299 e. The zero-order valence-electron chi connectivity index (χ0n) is 13.7. The van der Waals surface area contributed by atoms with E-state index in [-0.39, 0.29) is 23.0 Å². The fraction of sp³-hybridized carbons (Fsp3) is 0.611. The van der Waals surface area contributed by atoms with Gasteiger partial charge in [0.15, 0.2) is 0 Å². The molecule has 1 rings (SSSR count). The number of halogens is 2. The number of carbonyl (C=O) groups is 1. The lowest BCUT2D eigenvalue weighted by atomic mass is 9.79. The van der Waals surface area contributed by atoms with Crippen molar-refractivity contribution in [3.63, 3.8) is 0 Å². The molecule has 0 saturated heterocycles. The van der Waals surface area contributed by atoms with Crippen molar-refractivity contribution in [2.75, 3.05) is 0 Å². The largest absolute Gasteiger partial charge is 0.299 e. The molecule has 0 aliphatic carbocycles. The Hall–Kier alpha value is -1.25. The van der Waals surface area contributed by atoms with E-state index >= 15 is 0 Å². The van der Waals surface area contributed by atoms with Gasteiger partial charge in [-0.25, -0.2) is 8.78 Å². The summed E-state index contributed by atoms with van der Waals surface area (Å²) in [5.74, 6) is -0.706. The molecule has 1 aromatic carbocycles. The van der Waals surface area contributed by atoms with E-state index in [0.29, 0.717) is 24.8 Å². The third kappa shape index (κ3) is 6.36. The minimum atomic E-state index is -0.563. The van der Waals surface area contributed by atoms with E-state index < -0.39 is 11.6 Å². The van der Waals surface area contributed by atoms with E-state index in [2.05, 4.69) is 0 Å². The Labute approximate surface area is 126 Å². The lowest BCUT2D eigenvalue weighted by Gasteiger charge is -2.24. The second-order valence-electron chi connectivity index (χ2n) is 7.37. The van der Waals surface area contributed by atoms with Gasteiger partial charge in [-0.15, -0.1) is 0 Å². The molecule has 3 heteroatoms. The molecule has 0 fully saturated rings. The van der Waals surface area contributed by atoms with Gasteiger partial charge in [-0.1, -0.05) is 34.6 Å². The molecule has 1 nitrogen and oxygen atoms in total. The van der Waals surface area contributed by atoms with Gasteiger partial charge in [0.2, 0.25) is 0 Å². The van der Waals surface area contributed by atoms with Crippen molar-refractivity contribution >= 4 is 5.78 Å². The summed E-state index contributed by atoms with van der Waals surface area (Å²) in [4.78, 5) is 12.4. The first-order chi connectivity index (χ1) is 9.58. The molecule has 0 aliphatic rings. The van der Waals surface area contributed by atoms with E-state index in [1.807, 2.05) is 34.6 Å². The van der Waals surface area contributed by atoms with Crippen LogP contribution in [0.3, 0.4) is 0 Å². The van der Waals surface area contributed by atoms with Crippen LogP contribution in [0.15, 0.2) is 18.2 Å². The molecule has 118 valence electrons. The zero-order chi connectivity index (χ0) is 16.2. The van der Waals surface area contributed by atoms with Crippen LogP contribution in [0.2, 0.25) is 0 Å². The van der Waals surface area contributed by atoms with Crippen molar-refractivity contribution in [2.45, 2.75) is 53.9 Å². The molecule has 0 heterocycles. The fourth-order valence-electron chi connectivity index (χ4n) is 2.60. The standard InChI is InChI=1S/C18H26F2O/c1-12(2)16(17(21)11-18(3,4)5)7-6-13-8-14(19)10-15(20)9-13/h8-10,12,16H,6-7,11H2,1-5H3. The normalized spacial score (nSPS) is 13.5. The van der Waals surface area contributed by atoms with Crippen molar-refractivity contribution in [3.8, 4) is 0 Å². The van der Waals surface area contributed by atoms with Gasteiger partial charge in [0.1, 0.15) is 17.4 Å². The van der Waals surface area contributed by atoms with Crippen molar-refractivity contribution in [1.29, 1.82) is 0 Å². The minimum absolute atomic E-state index is 0.0326. The summed E-state index contributed by atoms with van der Waals surface area (Å²) in [5, 5.41) is 0. The summed E-state index contributed by atoms with van der Waals surface area (Å²) < 4.78 is 26.4. The molecule has 0 aliphatic heterocycles. The van der Waals surface area contributed by atoms with E-state index in [1.54, 1.807) is 0 Å². The van der Waals surface area contributed by atoms with Crippen LogP contribution in [0.25, 0.3) is 0 Å². The molecule has 0 bridgehead atoms. The Morgan fingerprint density at radius 3 is 2.05 bits per heavy atom. The van der Waals surface area contributed by atoms with Crippen molar-refractivity contribution in [3.05, 3.63) is 35.4 Å². The number of benzene rings is 1. The molecule has 0 aromatic heterocycles. The Morgan fingerprint density at radius 2 is 1.62 bits per heavy atom. The maximum absolute atomic E-state index is 13.2. The van der Waals surface area contributed by atoms with Crippen LogP contribution in [-0.2, 0) is 11.2 Å². The average Bonchev–Trinajstić information content (AvgIpc) is 2.24. The van der Waals surface area contributed by atoms with Crippen LogP contribution in [0.1, 0.15) is 53.0 Å². The Kier molecular flexibility index (Phi) is 6.06. The highest BCUT2D eigenvalue weighted by atomic mass is 19.1. The molecular formula is C18H26F2O. The van der Waals surface area contributed by atoms with Crippen LogP contribution in [0.5, 0.6) is 0 Å². The predicted octanol–water partition coefficient (Wildman–Crippen LogP) is 5.17. The first-order valence-corrected chi connectivity index (χ1v) is 7.56. The zero-order valence-corrected chi connectivity index (χ0v) is 13.7. The number of carbonyl (C=O) groups excluding carboxylic acids is 1. The number of ketones is 1. The van der Waals surface area contributed by atoms with Gasteiger partial charge in [-0.2, -0.15) is 0 Å². The third-order valence-corrected chi connectivity index (χ3v) is 3.59. The summed E-state index contributed by atoms with van der Waals surface area (Å²) in [6, 6.07) is 3.55. The van der Waals surface area contributed by atoms with Crippen LogP contribution in [-0.4, -0.2) is 5.78 Å². The van der Waals surface area contributed by atoms with Gasteiger partial charge in [-0.3, -0.25) is 4.79 Å². The Bertz CT molecular complexity index is 466. The number of rotatable bonds is 6. The monoisotopic (exact) mass is 296 g/mol. The van der Waals surface area contributed by atoms with Crippen LogP contribution in [0.4, 0.5) is 8.78 Å². The average molecular weight is 296 g/mol. The van der Waals surface area contributed by atoms with E-state index in [4.69, 9.17) is 0 Å². The van der Waals surface area contributed by atoms with Crippen molar-refractivity contribution < 1.29 is 13.6 Å². The number of Topliss-reactive ketones (excluding diaryl/α,β-unsaturated/α-hetero) is 1. The predicted molar refractivity (Wildman–Crippen MR) is 82.1 cm³/mol. The summed E-state index contributed by atoms with van der Waals surface area (Å²) in [7, 11) is 0. The third-order valence-electron chi connectivity index (χ3n) is 3.59. The number of hydrogen-bond acceptors (Lipinski definition) is 1. The highest BCUT2D eigenvalue weighted by Gasteiger charge is 2.26. The molecule has 1 aromatic rings. The SMILES string of the molecule is CC(C)C(CCc1cc(F)cc(F)c1)C(=O)CC(C)(C)C. The van der Waals surface area contributed by atoms with Gasteiger partial charge in [-0.05, 0) is 41.9 Å². The van der Waals surface area contributed by atoms with Crippen LogP contribution in [0, 0.1) is 28.9 Å². The molecule has 1 atom stereocenters. The Morgan fingerprint density at radius 1 is 1.10 bits per heavy atom. The van der Waals surface area contributed by atoms with Crippen molar-refractivity contribution in [1.82, 2.24) is 0 Å². The van der Waals surface area contributed by atoms with E-state index in [0.717, 1.165) is 6.07 Å². The van der Waals surface area contributed by atoms with E-state index in [1.165, 1.54) is 12.1 Å². The maximum atomic E-state index is 13.2. The van der Waals surface area contributed by atoms with Gasteiger partial charge in [0.05, 0.1) is 0 Å². The second kappa shape index (κ2) is 7.15. The summed E-state index contributed by atoms with van der Waals surface area (Å²) in [6.07, 6.45) is 1.69. The molecule has 21 heavy (non-hydrogen) atoms. The van der Waals surface area contributed by atoms with Gasteiger partial charge in [0, 0.05) is 18.4 Å². The fourth-order valence-corrected chi connectivity index (χ4v) is 2.60. The summed E-state index contributed by atoms with van der Waals surface area (Å²) in [6.45, 7) is 10.2. The van der Waals surface area contributed by atoms with Crippen LogP contribution < -0.4 is 0 Å². The smallest absolute Gasteiger partial charge is 0.136 e. The van der Waals surface area contributed by atoms with E-state index in [9.17, 15) is 13.6 Å². The summed E-state index contributed by atoms with van der Waals surface area (Å²) >= 11 is 0. The first kappa shape index (κ1) is 17.8. The molecule has 0 N–H and O–H groups in total. The highest BCUT2D eigenvalue weighted by molar-refractivity contribution is 5.81. The molecule has 0 radical (unpaired) electrons. The topological polar surface area (TPSA) is 17.1 Å². The molecular weight excluding hydrogens is 270 g/mol. The molecule has 0 amide bonds. The first-order valence-electron chi connectivity index (χ1n) is 7.56. The number of hydrogen-bond donors (Lipinski definition) is 0. The lowest BCUT2D eigenvalue weighted by molar-refractivity contribution is -0.126. The number of aryl methyl sites for hydroxylation is 1. The maximum Gasteiger partial charge on any atom is 0.136 e. The van der Waals surface area contributed by atoms with Gasteiger partial charge >= 0.3 is 0 Å². The van der Waals surface area contributed by atoms with Gasteiger partial charge in [0.25, 0.3) is 0 Å². The molecule has 1 unspecified atom stereocenters. The Balaban J connectivity index is 2.73. The molecule has 0 saturated carbocycles. The van der Waals surface area contributed by atoms with Crippen molar-refractivity contribution in [2.24, 2.45) is 17.3 Å². The lowest BCUT2D eigenvalue weighted by Crippen LogP contribution is -2.25. The van der Waals surface area contributed by atoms with Crippen LogP contribution >= 0.6 is 0 Å². The second-order valence-corrected chi connectivity index (χ2v) is 7.37. The molecule has 0 spiro atoms. The highest BCUT2D eigenvalue weighted by Crippen LogP contribution is 2.27. The van der Waals surface area contributed by atoms with Gasteiger partial charge < -0.3 is 0 Å². The summed E-state index contributed by atoms with van der Waals surface area (Å²) in [5.41, 5.74) is 0.580. The quantitative estimate of drug-likeness (QED) is 0.707.